The summed E-state index contributed by atoms with van der Waals surface area (Å²) < 4.78 is 35.4. The molecule has 0 aliphatic carbocycles. The highest BCUT2D eigenvalue weighted by molar-refractivity contribution is 5.93. The van der Waals surface area contributed by atoms with E-state index >= 15 is 0 Å². The number of carbonyl (C=O) groups excluding carboxylic acids is 2. The van der Waals surface area contributed by atoms with E-state index in [-0.39, 0.29) is 36.4 Å². The number of likely N-dealkylation sites (tertiary alicyclic amines) is 1. The molecule has 196 valence electrons. The molecule has 0 bridgehead atoms. The summed E-state index contributed by atoms with van der Waals surface area (Å²) in [6.45, 7) is 6.42. The minimum Gasteiger partial charge on any atom is -0.378 e. The maximum absolute atomic E-state index is 14.1. The number of benzene rings is 1. The van der Waals surface area contributed by atoms with Gasteiger partial charge in [0.1, 0.15) is 17.3 Å². The average molecular weight is 513 g/mol. The van der Waals surface area contributed by atoms with E-state index in [1.807, 2.05) is 13.8 Å². The second-order valence-electron chi connectivity index (χ2n) is 10.3. The number of halogens is 2. The Kier molecular flexibility index (Phi) is 6.91. The molecular weight excluding hydrogens is 482 g/mol. The molecule has 2 atom stereocenters. The molecule has 1 aromatic carbocycles. The van der Waals surface area contributed by atoms with E-state index < -0.39 is 17.7 Å². The van der Waals surface area contributed by atoms with E-state index in [9.17, 15) is 18.4 Å². The van der Waals surface area contributed by atoms with Crippen LogP contribution >= 0.6 is 0 Å². The first-order valence-electron chi connectivity index (χ1n) is 12.3. The van der Waals surface area contributed by atoms with Crippen LogP contribution in [-0.2, 0) is 9.53 Å². The van der Waals surface area contributed by atoms with Crippen LogP contribution in [0.3, 0.4) is 0 Å². The van der Waals surface area contributed by atoms with Gasteiger partial charge in [-0.25, -0.2) is 13.8 Å². The lowest BCUT2D eigenvalue weighted by molar-refractivity contribution is -0.128. The number of ether oxygens (including phenoxy) is 1. The smallest absolute Gasteiger partial charge is 0.272 e. The maximum atomic E-state index is 14.1. The van der Waals surface area contributed by atoms with Crippen molar-refractivity contribution in [3.05, 3.63) is 66.0 Å². The molecular formula is C26H30F2N6O3. The second-order valence-corrected chi connectivity index (χ2v) is 10.3. The van der Waals surface area contributed by atoms with Crippen molar-refractivity contribution in [1.82, 2.24) is 29.5 Å². The Morgan fingerprint density at radius 3 is 2.62 bits per heavy atom. The minimum absolute atomic E-state index is 0.156. The molecule has 0 saturated carbocycles. The first-order valence-corrected chi connectivity index (χ1v) is 12.3. The third kappa shape index (κ3) is 5.33. The Bertz CT molecular complexity index is 1290. The van der Waals surface area contributed by atoms with Gasteiger partial charge in [0.15, 0.2) is 0 Å². The summed E-state index contributed by atoms with van der Waals surface area (Å²) in [5.41, 5.74) is 1.20. The highest BCUT2D eigenvalue weighted by Gasteiger charge is 2.37. The van der Waals surface area contributed by atoms with Gasteiger partial charge in [-0.1, -0.05) is 0 Å². The molecule has 2 aliphatic rings. The third-order valence-electron chi connectivity index (χ3n) is 7.26. The van der Waals surface area contributed by atoms with Gasteiger partial charge in [0, 0.05) is 37.2 Å². The zero-order valence-corrected chi connectivity index (χ0v) is 20.9. The maximum Gasteiger partial charge on any atom is 0.272 e. The molecule has 2 aromatic heterocycles. The van der Waals surface area contributed by atoms with Crippen LogP contribution in [0.5, 0.6) is 0 Å². The Balaban J connectivity index is 1.38. The quantitative estimate of drug-likeness (QED) is 0.564. The standard InChI is InChI=1S/C26H30F2N6O3/c1-26(2)15-37-6-5-33(26)14-24(35)31-22-13-32(4-3-21(22)17-7-18(27)9-19(28)8-17)25(36)23-12-29-10-20-11-30-16-34(20)23/h7-12,16,21-22H,3-6,13-15H2,1-2H3,(H,31,35)/t21-,22+/m0/s1. The van der Waals surface area contributed by atoms with Gasteiger partial charge in [-0.05, 0) is 38.0 Å². The Hall–Kier alpha value is -3.44. The number of amides is 2. The number of rotatable bonds is 5. The van der Waals surface area contributed by atoms with Crippen LogP contribution in [0.1, 0.15) is 42.2 Å². The molecule has 11 heteroatoms. The SMILES string of the molecule is CC1(C)COCCN1CC(=O)N[C@@H]1CN(C(=O)c2cncc3cncn23)CC[C@H]1c1cc(F)cc(F)c1. The van der Waals surface area contributed by atoms with Crippen molar-refractivity contribution in [2.75, 3.05) is 39.4 Å². The number of hydrogen-bond donors (Lipinski definition) is 1. The normalized spacial score (nSPS) is 22.2. The van der Waals surface area contributed by atoms with Crippen LogP contribution in [0.25, 0.3) is 5.52 Å². The van der Waals surface area contributed by atoms with Crippen molar-refractivity contribution in [2.45, 2.75) is 37.8 Å². The van der Waals surface area contributed by atoms with Gasteiger partial charge in [-0.3, -0.25) is 23.9 Å². The van der Waals surface area contributed by atoms with E-state index in [4.69, 9.17) is 4.74 Å². The summed E-state index contributed by atoms with van der Waals surface area (Å²) in [4.78, 5) is 38.6. The third-order valence-corrected chi connectivity index (χ3v) is 7.26. The lowest BCUT2D eigenvalue weighted by Crippen LogP contribution is -2.58. The lowest BCUT2D eigenvalue weighted by Gasteiger charge is -2.43. The van der Waals surface area contributed by atoms with Crippen molar-refractivity contribution in [2.24, 2.45) is 0 Å². The summed E-state index contributed by atoms with van der Waals surface area (Å²) >= 11 is 0. The van der Waals surface area contributed by atoms with E-state index in [1.54, 1.807) is 28.0 Å². The van der Waals surface area contributed by atoms with Gasteiger partial charge in [-0.15, -0.1) is 0 Å². The van der Waals surface area contributed by atoms with Crippen LogP contribution in [0.2, 0.25) is 0 Å². The van der Waals surface area contributed by atoms with Crippen molar-refractivity contribution >= 4 is 17.3 Å². The van der Waals surface area contributed by atoms with Gasteiger partial charge in [0.25, 0.3) is 5.91 Å². The first-order chi connectivity index (χ1) is 17.7. The fourth-order valence-electron chi connectivity index (χ4n) is 5.25. The van der Waals surface area contributed by atoms with E-state index in [0.717, 1.165) is 6.07 Å². The number of imidazole rings is 1. The Labute approximate surface area is 213 Å². The fourth-order valence-corrected chi connectivity index (χ4v) is 5.25. The molecule has 2 aliphatic heterocycles. The van der Waals surface area contributed by atoms with Crippen molar-refractivity contribution in [3.8, 4) is 0 Å². The molecule has 4 heterocycles. The Morgan fingerprint density at radius 1 is 1.11 bits per heavy atom. The largest absolute Gasteiger partial charge is 0.378 e. The van der Waals surface area contributed by atoms with E-state index in [2.05, 4.69) is 20.2 Å². The van der Waals surface area contributed by atoms with Crippen LogP contribution in [0.4, 0.5) is 8.78 Å². The van der Waals surface area contributed by atoms with Gasteiger partial charge in [-0.2, -0.15) is 0 Å². The molecule has 5 rings (SSSR count). The van der Waals surface area contributed by atoms with Crippen molar-refractivity contribution in [1.29, 1.82) is 0 Å². The molecule has 0 spiro atoms. The highest BCUT2D eigenvalue weighted by Crippen LogP contribution is 2.31. The summed E-state index contributed by atoms with van der Waals surface area (Å²) in [6.07, 6.45) is 6.69. The van der Waals surface area contributed by atoms with Gasteiger partial charge >= 0.3 is 0 Å². The fraction of sp³-hybridized carbons (Fsp3) is 0.462. The van der Waals surface area contributed by atoms with Crippen LogP contribution in [0.15, 0.2) is 43.1 Å². The molecule has 2 saturated heterocycles. The van der Waals surface area contributed by atoms with Crippen molar-refractivity contribution in [3.63, 3.8) is 0 Å². The zero-order chi connectivity index (χ0) is 26.2. The second kappa shape index (κ2) is 10.1. The minimum atomic E-state index is -0.675. The molecule has 37 heavy (non-hydrogen) atoms. The van der Waals surface area contributed by atoms with Crippen molar-refractivity contribution < 1.29 is 23.1 Å². The molecule has 0 radical (unpaired) electrons. The summed E-state index contributed by atoms with van der Waals surface area (Å²) in [5, 5.41) is 3.06. The molecule has 1 N–H and O–H groups in total. The molecule has 3 aromatic rings. The zero-order valence-electron chi connectivity index (χ0n) is 20.9. The topological polar surface area (TPSA) is 92.1 Å². The predicted molar refractivity (Wildman–Crippen MR) is 131 cm³/mol. The van der Waals surface area contributed by atoms with Crippen LogP contribution in [0, 0.1) is 11.6 Å². The van der Waals surface area contributed by atoms with E-state index in [0.29, 0.717) is 49.5 Å². The first kappa shape index (κ1) is 25.2. The number of fused-ring (bicyclic) bond motifs is 1. The molecule has 2 amide bonds. The molecule has 9 nitrogen and oxygen atoms in total. The lowest BCUT2D eigenvalue weighted by atomic mass is 9.85. The summed E-state index contributed by atoms with van der Waals surface area (Å²) in [6, 6.07) is 2.89. The summed E-state index contributed by atoms with van der Waals surface area (Å²) in [5.74, 6) is -2.18. The predicted octanol–water partition coefficient (Wildman–Crippen LogP) is 2.23. The number of aromatic nitrogens is 3. The highest BCUT2D eigenvalue weighted by atomic mass is 19.1. The van der Waals surface area contributed by atoms with Gasteiger partial charge in [0.2, 0.25) is 5.91 Å². The number of morpholine rings is 1. The number of hydrogen-bond acceptors (Lipinski definition) is 6. The Morgan fingerprint density at radius 2 is 1.86 bits per heavy atom. The number of nitrogens with one attached hydrogen (secondary N) is 1. The van der Waals surface area contributed by atoms with E-state index in [1.165, 1.54) is 18.3 Å². The van der Waals surface area contributed by atoms with Crippen LogP contribution < -0.4 is 5.32 Å². The van der Waals surface area contributed by atoms with Crippen LogP contribution in [-0.4, -0.2) is 87.0 Å². The van der Waals surface area contributed by atoms with Gasteiger partial charge < -0.3 is 15.0 Å². The molecule has 2 fully saturated rings. The number of nitrogens with zero attached hydrogens (tertiary/aromatic N) is 5. The summed E-state index contributed by atoms with van der Waals surface area (Å²) in [7, 11) is 0. The molecule has 0 unspecified atom stereocenters. The number of piperidine rings is 1. The average Bonchev–Trinajstić information content (AvgIpc) is 3.33. The number of carbonyl (C=O) groups is 2. The van der Waals surface area contributed by atoms with Gasteiger partial charge in [0.05, 0.1) is 56.2 Å². The monoisotopic (exact) mass is 512 g/mol.